The van der Waals surface area contributed by atoms with E-state index in [4.69, 9.17) is 23.2 Å². The minimum absolute atomic E-state index is 0. The van der Waals surface area contributed by atoms with Gasteiger partial charge < -0.3 is 10.2 Å². The Morgan fingerprint density at radius 2 is 2.00 bits per heavy atom. The highest BCUT2D eigenvalue weighted by Crippen LogP contribution is 2.24. The number of carbonyl (C=O) groups excluding carboxylic acids is 1. The molecule has 1 unspecified atom stereocenters. The summed E-state index contributed by atoms with van der Waals surface area (Å²) >= 11 is 12.1. The molecule has 1 aromatic carbocycles. The van der Waals surface area contributed by atoms with E-state index in [2.05, 4.69) is 5.32 Å². The molecule has 1 aliphatic heterocycles. The van der Waals surface area contributed by atoms with Crippen LogP contribution in [0.4, 0.5) is 0 Å². The topological polar surface area (TPSA) is 32.3 Å². The number of benzene rings is 1. The van der Waals surface area contributed by atoms with Gasteiger partial charge in [0, 0.05) is 29.1 Å². The van der Waals surface area contributed by atoms with Crippen molar-refractivity contribution in [3.8, 4) is 0 Å². The third-order valence-electron chi connectivity index (χ3n) is 4.17. The molecule has 1 N–H and O–H groups in total. The highest BCUT2D eigenvalue weighted by molar-refractivity contribution is 6.35. The monoisotopic (exact) mass is 364 g/mol. The second-order valence-corrected chi connectivity index (χ2v) is 6.61. The lowest BCUT2D eigenvalue weighted by Gasteiger charge is -2.33. The number of carbonyl (C=O) groups is 1. The highest BCUT2D eigenvalue weighted by atomic mass is 35.5. The van der Waals surface area contributed by atoms with Gasteiger partial charge in [0.05, 0.1) is 0 Å². The molecule has 0 aliphatic carbocycles. The van der Waals surface area contributed by atoms with Crippen LogP contribution in [-0.2, 0) is 11.2 Å². The Kier molecular flexibility index (Phi) is 7.98. The zero-order valence-electron chi connectivity index (χ0n) is 12.9. The Bertz CT molecular complexity index is 504. The van der Waals surface area contributed by atoms with E-state index in [-0.39, 0.29) is 24.2 Å². The van der Waals surface area contributed by atoms with Crippen LogP contribution in [-0.4, -0.2) is 37.0 Å². The lowest BCUT2D eigenvalue weighted by atomic mass is 9.97. The zero-order valence-corrected chi connectivity index (χ0v) is 15.3. The van der Waals surface area contributed by atoms with Crippen LogP contribution in [0.2, 0.25) is 10.0 Å². The maximum absolute atomic E-state index is 12.6. The van der Waals surface area contributed by atoms with Crippen LogP contribution in [0.25, 0.3) is 0 Å². The predicted octanol–water partition coefficient (Wildman–Crippen LogP) is 3.80. The molecule has 0 spiro atoms. The second-order valence-electron chi connectivity index (χ2n) is 5.77. The van der Waals surface area contributed by atoms with Crippen LogP contribution < -0.4 is 5.32 Å². The molecule has 6 heteroatoms. The molecular formula is C16H23Cl3N2O. The Morgan fingerprint density at radius 3 is 2.59 bits per heavy atom. The van der Waals surface area contributed by atoms with Gasteiger partial charge in [-0.2, -0.15) is 0 Å². The van der Waals surface area contributed by atoms with Crippen LogP contribution in [0.1, 0.15) is 25.3 Å². The quantitative estimate of drug-likeness (QED) is 0.880. The SMILES string of the molecule is CC(Cc1ccc(Cl)cc1Cl)C(=O)N(C)C1CCNCC1.Cl. The van der Waals surface area contributed by atoms with Crippen LogP contribution in [0.3, 0.4) is 0 Å². The standard InChI is InChI=1S/C16H22Cl2N2O.ClH/c1-11(9-12-3-4-13(17)10-15(12)18)16(21)20(2)14-5-7-19-8-6-14;/h3-4,10-11,14,19H,5-9H2,1-2H3;1H. The van der Waals surface area contributed by atoms with E-state index in [1.165, 1.54) is 0 Å². The van der Waals surface area contributed by atoms with Crippen molar-refractivity contribution >= 4 is 41.5 Å². The molecule has 0 aromatic heterocycles. The van der Waals surface area contributed by atoms with Gasteiger partial charge in [0.15, 0.2) is 0 Å². The van der Waals surface area contributed by atoms with Crippen molar-refractivity contribution in [2.24, 2.45) is 5.92 Å². The van der Waals surface area contributed by atoms with E-state index in [0.717, 1.165) is 31.5 Å². The van der Waals surface area contributed by atoms with E-state index in [0.29, 0.717) is 22.5 Å². The molecule has 1 atom stereocenters. The van der Waals surface area contributed by atoms with Gasteiger partial charge >= 0.3 is 0 Å². The Morgan fingerprint density at radius 1 is 1.36 bits per heavy atom. The molecule has 0 saturated carbocycles. The van der Waals surface area contributed by atoms with E-state index < -0.39 is 0 Å². The molecule has 22 heavy (non-hydrogen) atoms. The second kappa shape index (κ2) is 8.97. The predicted molar refractivity (Wildman–Crippen MR) is 95.2 cm³/mol. The number of hydrogen-bond donors (Lipinski definition) is 1. The number of hydrogen-bond acceptors (Lipinski definition) is 2. The average Bonchev–Trinajstić information content (AvgIpc) is 2.49. The molecule has 1 heterocycles. The molecule has 3 nitrogen and oxygen atoms in total. The van der Waals surface area contributed by atoms with E-state index >= 15 is 0 Å². The van der Waals surface area contributed by atoms with Crippen LogP contribution in [0.5, 0.6) is 0 Å². The summed E-state index contributed by atoms with van der Waals surface area (Å²) in [6.07, 6.45) is 2.69. The summed E-state index contributed by atoms with van der Waals surface area (Å²) in [5.41, 5.74) is 0.973. The molecular weight excluding hydrogens is 343 g/mol. The summed E-state index contributed by atoms with van der Waals surface area (Å²) in [6, 6.07) is 5.80. The molecule has 0 bridgehead atoms. The maximum Gasteiger partial charge on any atom is 0.225 e. The smallest absolute Gasteiger partial charge is 0.225 e. The number of piperidine rings is 1. The zero-order chi connectivity index (χ0) is 15.4. The third-order valence-corrected chi connectivity index (χ3v) is 4.75. The van der Waals surface area contributed by atoms with Crippen LogP contribution in [0, 0.1) is 5.92 Å². The van der Waals surface area contributed by atoms with Crippen molar-refractivity contribution in [2.75, 3.05) is 20.1 Å². The summed E-state index contributed by atoms with van der Waals surface area (Å²) in [6.45, 7) is 3.93. The summed E-state index contributed by atoms with van der Waals surface area (Å²) < 4.78 is 0. The van der Waals surface area contributed by atoms with Crippen molar-refractivity contribution in [3.63, 3.8) is 0 Å². The van der Waals surface area contributed by atoms with Crippen molar-refractivity contribution in [2.45, 2.75) is 32.2 Å². The minimum atomic E-state index is -0.0800. The van der Waals surface area contributed by atoms with Gasteiger partial charge in [0.2, 0.25) is 5.91 Å². The number of rotatable bonds is 4. The molecule has 1 amide bonds. The molecule has 1 fully saturated rings. The number of nitrogens with one attached hydrogen (secondary N) is 1. The fraction of sp³-hybridized carbons (Fsp3) is 0.562. The first-order valence-electron chi connectivity index (χ1n) is 7.40. The fourth-order valence-corrected chi connectivity index (χ4v) is 3.31. The van der Waals surface area contributed by atoms with Crippen molar-refractivity contribution in [1.29, 1.82) is 0 Å². The first-order valence-corrected chi connectivity index (χ1v) is 8.16. The van der Waals surface area contributed by atoms with Crippen LogP contribution >= 0.6 is 35.6 Å². The summed E-state index contributed by atoms with van der Waals surface area (Å²) in [7, 11) is 1.91. The summed E-state index contributed by atoms with van der Waals surface area (Å²) in [5, 5.41) is 4.57. The molecule has 0 radical (unpaired) electrons. The first kappa shape index (κ1) is 19.6. The Labute approximate surface area is 148 Å². The van der Waals surface area contributed by atoms with E-state index in [9.17, 15) is 4.79 Å². The molecule has 2 rings (SSSR count). The van der Waals surface area contributed by atoms with Gasteiger partial charge in [0.25, 0.3) is 0 Å². The highest BCUT2D eigenvalue weighted by Gasteiger charge is 2.25. The van der Waals surface area contributed by atoms with Gasteiger partial charge in [0.1, 0.15) is 0 Å². The largest absolute Gasteiger partial charge is 0.342 e. The molecule has 1 aliphatic rings. The van der Waals surface area contributed by atoms with E-state index in [1.54, 1.807) is 6.07 Å². The first-order chi connectivity index (χ1) is 9.99. The van der Waals surface area contributed by atoms with Gasteiger partial charge in [-0.05, 0) is 50.0 Å². The lowest BCUT2D eigenvalue weighted by molar-refractivity contribution is -0.136. The van der Waals surface area contributed by atoms with Gasteiger partial charge in [-0.15, -0.1) is 12.4 Å². The fourth-order valence-electron chi connectivity index (χ4n) is 2.83. The summed E-state index contributed by atoms with van der Waals surface area (Å²) in [4.78, 5) is 14.5. The third kappa shape index (κ3) is 5.02. The van der Waals surface area contributed by atoms with Crippen LogP contribution in [0.15, 0.2) is 18.2 Å². The maximum atomic E-state index is 12.6. The average molecular weight is 366 g/mol. The molecule has 1 saturated heterocycles. The van der Waals surface area contributed by atoms with Crippen molar-refractivity contribution in [3.05, 3.63) is 33.8 Å². The van der Waals surface area contributed by atoms with Crippen molar-refractivity contribution < 1.29 is 4.79 Å². The number of nitrogens with zero attached hydrogens (tertiary/aromatic N) is 1. The van der Waals surface area contributed by atoms with Crippen molar-refractivity contribution in [1.82, 2.24) is 10.2 Å². The van der Waals surface area contributed by atoms with Gasteiger partial charge in [-0.25, -0.2) is 0 Å². The number of amides is 1. The molecule has 124 valence electrons. The summed E-state index contributed by atoms with van der Waals surface area (Å²) in [5.74, 6) is 0.108. The Balaban J connectivity index is 0.00000242. The van der Waals surface area contributed by atoms with E-state index in [1.807, 2.05) is 31.0 Å². The van der Waals surface area contributed by atoms with Gasteiger partial charge in [-0.1, -0.05) is 36.2 Å². The lowest BCUT2D eigenvalue weighted by Crippen LogP contribution is -2.45. The Hall–Kier alpha value is -0.480. The molecule has 1 aromatic rings. The number of halogens is 3. The van der Waals surface area contributed by atoms with Gasteiger partial charge in [-0.3, -0.25) is 4.79 Å². The normalized spacial score (nSPS) is 16.7. The minimum Gasteiger partial charge on any atom is -0.342 e.